The van der Waals surface area contributed by atoms with E-state index in [9.17, 15) is 9.00 Å². The Morgan fingerprint density at radius 3 is 2.81 bits per heavy atom. The summed E-state index contributed by atoms with van der Waals surface area (Å²) in [6.07, 6.45) is 2.99. The molecule has 0 amide bonds. The molecule has 0 spiro atoms. The lowest BCUT2D eigenvalue weighted by atomic mass is 10.4. The second-order valence-corrected chi connectivity index (χ2v) is 7.53. The number of rotatable bonds is 4. The molecule has 2 rings (SSSR count). The van der Waals surface area contributed by atoms with Crippen LogP contribution in [-0.2, 0) is 25.7 Å². The van der Waals surface area contributed by atoms with Crippen LogP contribution in [0.15, 0.2) is 10.4 Å². The van der Waals surface area contributed by atoms with Gasteiger partial charge in [0.25, 0.3) is 0 Å². The zero-order valence-corrected chi connectivity index (χ0v) is 13.4. The molecule has 1 N–H and O–H groups in total. The molecule has 0 saturated heterocycles. The molecule has 2 heterocycles. The maximum Gasteiger partial charge on any atom is 0.313 e. The summed E-state index contributed by atoms with van der Waals surface area (Å²) < 4.78 is 20.7. The SMILES string of the molecule is CCOC(=O)Cc1nc2c(N=S(C)(C)=O)nc(Cl)cc2[nH]1. The molecule has 0 fully saturated rings. The summed E-state index contributed by atoms with van der Waals surface area (Å²) in [5.41, 5.74) is 1.01. The van der Waals surface area contributed by atoms with E-state index in [2.05, 4.69) is 19.3 Å². The highest BCUT2D eigenvalue weighted by atomic mass is 35.5. The average Bonchev–Trinajstić information content (AvgIpc) is 2.69. The number of H-pyrrole nitrogens is 1. The quantitative estimate of drug-likeness (QED) is 0.683. The molecule has 0 aliphatic heterocycles. The van der Waals surface area contributed by atoms with Crippen molar-refractivity contribution in [3.63, 3.8) is 0 Å². The lowest BCUT2D eigenvalue weighted by molar-refractivity contribution is -0.142. The van der Waals surface area contributed by atoms with Gasteiger partial charge in [0.2, 0.25) is 0 Å². The van der Waals surface area contributed by atoms with Crippen molar-refractivity contribution in [1.29, 1.82) is 0 Å². The number of carbonyl (C=O) groups excluding carboxylic acids is 1. The summed E-state index contributed by atoms with van der Waals surface area (Å²) in [5.74, 6) is 0.227. The number of carbonyl (C=O) groups is 1. The van der Waals surface area contributed by atoms with Crippen LogP contribution in [0.2, 0.25) is 5.15 Å². The Hall–Kier alpha value is -1.67. The van der Waals surface area contributed by atoms with Gasteiger partial charge in [0.1, 0.15) is 22.9 Å². The molecular formula is C12H15ClN4O3S. The van der Waals surface area contributed by atoms with Crippen LogP contribution in [-0.4, -0.2) is 44.2 Å². The van der Waals surface area contributed by atoms with Crippen LogP contribution >= 0.6 is 11.6 Å². The van der Waals surface area contributed by atoms with Gasteiger partial charge in [-0.3, -0.25) is 4.79 Å². The van der Waals surface area contributed by atoms with Crippen molar-refractivity contribution >= 4 is 44.2 Å². The first-order chi connectivity index (χ1) is 9.78. The highest BCUT2D eigenvalue weighted by Crippen LogP contribution is 2.26. The van der Waals surface area contributed by atoms with Crippen molar-refractivity contribution in [2.75, 3.05) is 19.1 Å². The monoisotopic (exact) mass is 330 g/mol. The minimum absolute atomic E-state index is 0.00715. The van der Waals surface area contributed by atoms with E-state index in [1.165, 1.54) is 12.5 Å². The van der Waals surface area contributed by atoms with Crippen molar-refractivity contribution in [2.45, 2.75) is 13.3 Å². The molecule has 114 valence electrons. The van der Waals surface area contributed by atoms with Crippen LogP contribution < -0.4 is 0 Å². The van der Waals surface area contributed by atoms with E-state index in [0.29, 0.717) is 23.5 Å². The number of imidazole rings is 1. The summed E-state index contributed by atoms with van der Waals surface area (Å²) in [4.78, 5) is 22.7. The summed E-state index contributed by atoms with van der Waals surface area (Å²) in [5, 5.41) is 0.205. The first kappa shape index (κ1) is 15.7. The molecule has 21 heavy (non-hydrogen) atoms. The molecule has 0 atom stereocenters. The smallest absolute Gasteiger partial charge is 0.313 e. The van der Waals surface area contributed by atoms with E-state index in [1.807, 2.05) is 0 Å². The van der Waals surface area contributed by atoms with Crippen molar-refractivity contribution in [1.82, 2.24) is 15.0 Å². The van der Waals surface area contributed by atoms with Crippen molar-refractivity contribution < 1.29 is 13.7 Å². The van der Waals surface area contributed by atoms with E-state index in [4.69, 9.17) is 16.3 Å². The molecule has 0 radical (unpaired) electrons. The van der Waals surface area contributed by atoms with Gasteiger partial charge in [-0.15, -0.1) is 0 Å². The summed E-state index contributed by atoms with van der Waals surface area (Å²) in [7, 11) is -2.40. The van der Waals surface area contributed by atoms with Gasteiger partial charge < -0.3 is 9.72 Å². The van der Waals surface area contributed by atoms with Crippen molar-refractivity contribution in [2.24, 2.45) is 4.36 Å². The largest absolute Gasteiger partial charge is 0.466 e. The van der Waals surface area contributed by atoms with E-state index < -0.39 is 9.73 Å². The van der Waals surface area contributed by atoms with Gasteiger partial charge in [-0.1, -0.05) is 11.6 Å². The maximum absolute atomic E-state index is 11.8. The fraction of sp³-hybridized carbons (Fsp3) is 0.417. The third-order valence-corrected chi connectivity index (χ3v) is 3.20. The molecule has 0 saturated carbocycles. The topological polar surface area (TPSA) is 97.3 Å². The number of ether oxygens (including phenoxy) is 1. The lowest BCUT2D eigenvalue weighted by Gasteiger charge is -1.98. The van der Waals surface area contributed by atoms with Crippen molar-refractivity contribution in [3.8, 4) is 0 Å². The molecule has 2 aromatic heterocycles. The number of aromatic nitrogens is 3. The highest BCUT2D eigenvalue weighted by Gasteiger charge is 2.14. The van der Waals surface area contributed by atoms with E-state index >= 15 is 0 Å². The van der Waals surface area contributed by atoms with Gasteiger partial charge in [-0.05, 0) is 6.92 Å². The Labute approximate surface area is 127 Å². The molecule has 0 unspecified atom stereocenters. The van der Waals surface area contributed by atoms with E-state index in [0.717, 1.165) is 0 Å². The number of esters is 1. The van der Waals surface area contributed by atoms with E-state index in [-0.39, 0.29) is 23.4 Å². The lowest BCUT2D eigenvalue weighted by Crippen LogP contribution is -2.08. The molecule has 7 nitrogen and oxygen atoms in total. The molecule has 2 aromatic rings. The van der Waals surface area contributed by atoms with Gasteiger partial charge in [0.05, 0.1) is 12.1 Å². The summed E-state index contributed by atoms with van der Waals surface area (Å²) in [6.45, 7) is 2.04. The normalized spacial score (nSPS) is 11.6. The fourth-order valence-electron chi connectivity index (χ4n) is 1.72. The number of hydrogen-bond acceptors (Lipinski definition) is 6. The molecule has 0 aliphatic carbocycles. The average molecular weight is 331 g/mol. The van der Waals surface area contributed by atoms with E-state index in [1.54, 1.807) is 13.0 Å². The summed E-state index contributed by atoms with van der Waals surface area (Å²) >= 11 is 5.91. The van der Waals surface area contributed by atoms with Crippen molar-refractivity contribution in [3.05, 3.63) is 17.0 Å². The van der Waals surface area contributed by atoms with Gasteiger partial charge in [-0.25, -0.2) is 14.2 Å². The Morgan fingerprint density at radius 1 is 1.48 bits per heavy atom. The van der Waals surface area contributed by atoms with Crippen LogP contribution in [0.1, 0.15) is 12.7 Å². The zero-order valence-electron chi connectivity index (χ0n) is 11.8. The second kappa shape index (κ2) is 5.98. The number of nitrogens with zero attached hydrogens (tertiary/aromatic N) is 3. The molecule has 0 bridgehead atoms. The van der Waals surface area contributed by atoms with Gasteiger partial charge in [-0.2, -0.15) is 4.36 Å². The number of fused-ring (bicyclic) bond motifs is 1. The Morgan fingerprint density at radius 2 is 2.19 bits per heavy atom. The fourth-order valence-corrected chi connectivity index (χ4v) is 2.46. The molecule has 0 aromatic carbocycles. The minimum Gasteiger partial charge on any atom is -0.466 e. The molecular weight excluding hydrogens is 316 g/mol. The number of aromatic amines is 1. The zero-order chi connectivity index (χ0) is 15.6. The maximum atomic E-state index is 11.8. The third kappa shape index (κ3) is 4.15. The Balaban J connectivity index is 2.49. The Kier molecular flexibility index (Phi) is 4.48. The molecule has 9 heteroatoms. The highest BCUT2D eigenvalue weighted by molar-refractivity contribution is 7.92. The number of hydrogen-bond donors (Lipinski definition) is 1. The van der Waals surface area contributed by atoms with Gasteiger partial charge >= 0.3 is 5.97 Å². The second-order valence-electron chi connectivity index (χ2n) is 4.60. The van der Waals surface area contributed by atoms with Crippen LogP contribution in [0, 0.1) is 0 Å². The predicted molar refractivity (Wildman–Crippen MR) is 81.3 cm³/mol. The molecule has 0 aliphatic rings. The standard InChI is InChI=1S/C12H15ClN4O3S/c1-4-20-10(18)6-9-14-7-5-8(13)15-12(11(7)16-9)17-21(2,3)19/h5H,4,6H2,1-3H3,(H,14,16). The van der Waals surface area contributed by atoms with Crippen LogP contribution in [0.4, 0.5) is 5.82 Å². The number of pyridine rings is 1. The first-order valence-electron chi connectivity index (χ1n) is 6.16. The summed E-state index contributed by atoms with van der Waals surface area (Å²) in [6, 6.07) is 1.57. The Bertz CT molecular complexity index is 800. The van der Waals surface area contributed by atoms with Gasteiger partial charge in [0.15, 0.2) is 5.82 Å². The number of halogens is 1. The predicted octanol–water partition coefficient (Wildman–Crippen LogP) is 2.08. The van der Waals surface area contributed by atoms with Crippen LogP contribution in [0.3, 0.4) is 0 Å². The first-order valence-corrected chi connectivity index (χ1v) is 8.87. The van der Waals surface area contributed by atoms with Crippen LogP contribution in [0.5, 0.6) is 0 Å². The number of nitrogens with one attached hydrogen (secondary N) is 1. The van der Waals surface area contributed by atoms with Crippen LogP contribution in [0.25, 0.3) is 11.0 Å². The van der Waals surface area contributed by atoms with Gasteiger partial charge in [0, 0.05) is 28.3 Å². The third-order valence-electron chi connectivity index (χ3n) is 2.39. The minimum atomic E-state index is -2.40.